The number of hydrogen-bond donors (Lipinski definition) is 1. The monoisotopic (exact) mass is 257 g/mol. The topological polar surface area (TPSA) is 69.6 Å². The lowest BCUT2D eigenvalue weighted by molar-refractivity contribution is 0.277. The van der Waals surface area contributed by atoms with Crippen LogP contribution >= 0.6 is 0 Å². The summed E-state index contributed by atoms with van der Waals surface area (Å²) in [6, 6.07) is 5.86. The maximum absolute atomic E-state index is 5.86. The van der Waals surface area contributed by atoms with Crippen LogP contribution in [-0.2, 0) is 6.54 Å². The molecule has 0 saturated heterocycles. The Morgan fingerprint density at radius 3 is 2.95 bits per heavy atom. The first-order chi connectivity index (χ1) is 9.24. The second-order valence-electron chi connectivity index (χ2n) is 5.39. The zero-order chi connectivity index (χ0) is 13.2. The lowest BCUT2D eigenvalue weighted by Crippen LogP contribution is -2.15. The van der Waals surface area contributed by atoms with Gasteiger partial charge in [-0.25, -0.2) is 4.68 Å². The molecule has 1 fully saturated rings. The molecule has 5 nitrogen and oxygen atoms in total. The van der Waals surface area contributed by atoms with Gasteiger partial charge < -0.3 is 5.73 Å². The van der Waals surface area contributed by atoms with Crippen molar-refractivity contribution in [2.75, 3.05) is 5.73 Å². The molecule has 1 aromatic carbocycles. The zero-order valence-electron chi connectivity index (χ0n) is 11.2. The van der Waals surface area contributed by atoms with Gasteiger partial charge in [-0.15, -0.1) is 5.10 Å². The summed E-state index contributed by atoms with van der Waals surface area (Å²) < 4.78 is 1.90. The molecule has 0 bridgehead atoms. The van der Waals surface area contributed by atoms with Gasteiger partial charge in [0.1, 0.15) is 0 Å². The van der Waals surface area contributed by atoms with Gasteiger partial charge in [-0.05, 0) is 47.4 Å². The predicted octanol–water partition coefficient (Wildman–Crippen LogP) is 2.42. The van der Waals surface area contributed by atoms with E-state index in [1.165, 1.54) is 25.7 Å². The van der Waals surface area contributed by atoms with E-state index in [0.717, 1.165) is 35.1 Å². The van der Waals surface area contributed by atoms with Crippen LogP contribution in [0.4, 0.5) is 5.69 Å². The maximum Gasteiger partial charge on any atom is 0.182 e. The predicted molar refractivity (Wildman–Crippen MR) is 74.4 cm³/mol. The first-order valence-corrected chi connectivity index (χ1v) is 6.86. The summed E-state index contributed by atoms with van der Waals surface area (Å²) in [6.45, 7) is 2.95. The van der Waals surface area contributed by atoms with Crippen molar-refractivity contribution in [2.24, 2.45) is 5.92 Å². The van der Waals surface area contributed by atoms with Crippen molar-refractivity contribution >= 4 is 5.69 Å². The number of rotatable bonds is 4. The Kier molecular flexibility index (Phi) is 3.19. The molecule has 1 heterocycles. The van der Waals surface area contributed by atoms with Crippen LogP contribution in [0.15, 0.2) is 18.2 Å². The highest BCUT2D eigenvalue weighted by Crippen LogP contribution is 2.30. The number of aromatic nitrogens is 4. The molecular weight excluding hydrogens is 238 g/mol. The van der Waals surface area contributed by atoms with Gasteiger partial charge in [0.2, 0.25) is 0 Å². The van der Waals surface area contributed by atoms with Crippen LogP contribution in [0, 0.1) is 12.8 Å². The first kappa shape index (κ1) is 12.1. The van der Waals surface area contributed by atoms with E-state index in [4.69, 9.17) is 5.73 Å². The second kappa shape index (κ2) is 4.99. The highest BCUT2D eigenvalue weighted by molar-refractivity contribution is 5.65. The molecule has 0 atom stereocenters. The van der Waals surface area contributed by atoms with Crippen LogP contribution in [0.2, 0.25) is 0 Å². The highest BCUT2D eigenvalue weighted by atomic mass is 15.5. The quantitative estimate of drug-likeness (QED) is 0.854. The van der Waals surface area contributed by atoms with Crippen molar-refractivity contribution in [1.82, 2.24) is 20.2 Å². The molecule has 0 amide bonds. The second-order valence-corrected chi connectivity index (χ2v) is 5.39. The minimum absolute atomic E-state index is 0.745. The van der Waals surface area contributed by atoms with Crippen molar-refractivity contribution in [3.63, 3.8) is 0 Å². The molecule has 5 heteroatoms. The van der Waals surface area contributed by atoms with Gasteiger partial charge >= 0.3 is 0 Å². The zero-order valence-corrected chi connectivity index (χ0v) is 11.2. The SMILES string of the molecule is Cc1ccc(N)cc1-c1nnnn1CCC1CCC1. The Labute approximate surface area is 112 Å². The molecular formula is C14H19N5. The fourth-order valence-corrected chi connectivity index (χ4v) is 2.52. The Hall–Kier alpha value is -1.91. The van der Waals surface area contributed by atoms with E-state index in [0.29, 0.717) is 0 Å². The fourth-order valence-electron chi connectivity index (χ4n) is 2.52. The molecule has 1 saturated carbocycles. The van der Waals surface area contributed by atoms with Gasteiger partial charge in [0.25, 0.3) is 0 Å². The largest absolute Gasteiger partial charge is 0.399 e. The normalized spacial score (nSPS) is 15.4. The summed E-state index contributed by atoms with van der Waals surface area (Å²) in [7, 11) is 0. The van der Waals surface area contributed by atoms with Crippen LogP contribution in [0.25, 0.3) is 11.4 Å². The molecule has 0 spiro atoms. The van der Waals surface area contributed by atoms with E-state index in [-0.39, 0.29) is 0 Å². The van der Waals surface area contributed by atoms with Gasteiger partial charge in [0.15, 0.2) is 5.82 Å². The summed E-state index contributed by atoms with van der Waals surface area (Å²) in [4.78, 5) is 0. The standard InChI is InChI=1S/C14H19N5/c1-10-5-6-12(15)9-13(10)14-16-17-18-19(14)8-7-11-3-2-4-11/h5-6,9,11H,2-4,7-8,15H2,1H3. The average Bonchev–Trinajstić information content (AvgIpc) is 2.78. The molecule has 0 unspecified atom stereocenters. The minimum Gasteiger partial charge on any atom is -0.399 e. The third-order valence-corrected chi connectivity index (χ3v) is 4.01. The van der Waals surface area contributed by atoms with E-state index in [1.54, 1.807) is 0 Å². The Bertz CT molecular complexity index is 571. The number of benzene rings is 1. The third kappa shape index (κ3) is 2.45. The summed E-state index contributed by atoms with van der Waals surface area (Å²) in [5.41, 5.74) is 8.78. The van der Waals surface area contributed by atoms with Crippen LogP contribution in [0.5, 0.6) is 0 Å². The molecule has 19 heavy (non-hydrogen) atoms. The number of anilines is 1. The van der Waals surface area contributed by atoms with Gasteiger partial charge in [0, 0.05) is 17.8 Å². The summed E-state index contributed by atoms with van der Waals surface area (Å²) in [5, 5.41) is 12.1. The van der Waals surface area contributed by atoms with Crippen molar-refractivity contribution in [1.29, 1.82) is 0 Å². The van der Waals surface area contributed by atoms with Gasteiger partial charge in [-0.3, -0.25) is 0 Å². The smallest absolute Gasteiger partial charge is 0.182 e. The minimum atomic E-state index is 0.745. The molecule has 3 rings (SSSR count). The average molecular weight is 257 g/mol. The van der Waals surface area contributed by atoms with E-state index in [1.807, 2.05) is 22.9 Å². The van der Waals surface area contributed by atoms with Crippen LogP contribution < -0.4 is 5.73 Å². The summed E-state index contributed by atoms with van der Waals surface area (Å²) in [6.07, 6.45) is 5.25. The van der Waals surface area contributed by atoms with E-state index >= 15 is 0 Å². The van der Waals surface area contributed by atoms with Crippen LogP contribution in [0.1, 0.15) is 31.2 Å². The number of hydrogen-bond acceptors (Lipinski definition) is 4. The number of nitrogens with zero attached hydrogens (tertiary/aromatic N) is 4. The molecule has 2 aromatic rings. The molecule has 0 radical (unpaired) electrons. The summed E-state index contributed by atoms with van der Waals surface area (Å²) >= 11 is 0. The Morgan fingerprint density at radius 2 is 2.21 bits per heavy atom. The highest BCUT2D eigenvalue weighted by Gasteiger charge is 2.19. The third-order valence-electron chi connectivity index (χ3n) is 4.01. The molecule has 100 valence electrons. The molecule has 0 aliphatic heterocycles. The van der Waals surface area contributed by atoms with Crippen LogP contribution in [-0.4, -0.2) is 20.2 Å². The van der Waals surface area contributed by atoms with Crippen molar-refractivity contribution in [3.8, 4) is 11.4 Å². The lowest BCUT2D eigenvalue weighted by atomic mass is 9.83. The van der Waals surface area contributed by atoms with Crippen molar-refractivity contribution in [2.45, 2.75) is 39.2 Å². The van der Waals surface area contributed by atoms with E-state index < -0.39 is 0 Å². The summed E-state index contributed by atoms with van der Waals surface area (Å²) in [5.74, 6) is 1.68. The van der Waals surface area contributed by atoms with Crippen molar-refractivity contribution in [3.05, 3.63) is 23.8 Å². The number of aryl methyl sites for hydroxylation is 2. The number of tetrazole rings is 1. The Balaban J connectivity index is 1.83. The lowest BCUT2D eigenvalue weighted by Gasteiger charge is -2.25. The molecule has 1 aliphatic carbocycles. The molecule has 2 N–H and O–H groups in total. The van der Waals surface area contributed by atoms with Crippen LogP contribution in [0.3, 0.4) is 0 Å². The number of nitrogen functional groups attached to an aromatic ring is 1. The fraction of sp³-hybridized carbons (Fsp3) is 0.500. The van der Waals surface area contributed by atoms with E-state index in [2.05, 4.69) is 22.4 Å². The van der Waals surface area contributed by atoms with Crippen molar-refractivity contribution < 1.29 is 0 Å². The van der Waals surface area contributed by atoms with Gasteiger partial charge in [-0.2, -0.15) is 0 Å². The number of nitrogens with two attached hydrogens (primary N) is 1. The van der Waals surface area contributed by atoms with E-state index in [9.17, 15) is 0 Å². The maximum atomic E-state index is 5.86. The van der Waals surface area contributed by atoms with Gasteiger partial charge in [0.05, 0.1) is 0 Å². The molecule has 1 aliphatic rings. The first-order valence-electron chi connectivity index (χ1n) is 6.86. The molecule has 1 aromatic heterocycles. The Morgan fingerprint density at radius 1 is 1.37 bits per heavy atom. The van der Waals surface area contributed by atoms with Gasteiger partial charge in [-0.1, -0.05) is 25.3 Å².